The van der Waals surface area contributed by atoms with Gasteiger partial charge in [-0.25, -0.2) is 19.2 Å². The lowest BCUT2D eigenvalue weighted by atomic mass is 10.1. The maximum absolute atomic E-state index is 14.1. The lowest BCUT2D eigenvalue weighted by Crippen LogP contribution is -2.35. The van der Waals surface area contributed by atoms with Gasteiger partial charge in [0.2, 0.25) is 0 Å². The van der Waals surface area contributed by atoms with E-state index in [-0.39, 0.29) is 17.8 Å². The summed E-state index contributed by atoms with van der Waals surface area (Å²) in [5, 5.41) is 0.472. The summed E-state index contributed by atoms with van der Waals surface area (Å²) >= 11 is 0. The monoisotopic (exact) mass is 334 g/mol. The first-order valence-electron chi connectivity index (χ1n) is 8.18. The number of carbonyl (C=O) groups is 1. The van der Waals surface area contributed by atoms with Crippen molar-refractivity contribution < 1.29 is 13.9 Å². The van der Waals surface area contributed by atoms with E-state index >= 15 is 0 Å². The molecule has 1 atom stereocenters. The summed E-state index contributed by atoms with van der Waals surface area (Å²) in [6, 6.07) is 0. The Morgan fingerprint density at radius 1 is 1.42 bits per heavy atom. The molecule has 0 aliphatic carbocycles. The summed E-state index contributed by atoms with van der Waals surface area (Å²) in [6.07, 6.45) is 3.51. The molecule has 0 bridgehead atoms. The number of hydrogen-bond donors (Lipinski definition) is 0. The van der Waals surface area contributed by atoms with Crippen molar-refractivity contribution in [3.05, 3.63) is 24.0 Å². The zero-order chi connectivity index (χ0) is 17.5. The highest BCUT2D eigenvalue weighted by atomic mass is 19.1. The van der Waals surface area contributed by atoms with E-state index in [1.807, 2.05) is 25.3 Å². The average Bonchev–Trinajstić information content (AvgIpc) is 3.04. The zero-order valence-electron chi connectivity index (χ0n) is 14.5. The Bertz CT molecular complexity index is 766. The van der Waals surface area contributed by atoms with Crippen molar-refractivity contribution >= 4 is 17.1 Å². The molecule has 0 saturated carbocycles. The average molecular weight is 334 g/mol. The predicted octanol–water partition coefficient (Wildman–Crippen LogP) is 3.14. The molecular weight excluding hydrogens is 311 g/mol. The Morgan fingerprint density at radius 3 is 2.88 bits per heavy atom. The summed E-state index contributed by atoms with van der Waals surface area (Å²) in [5.41, 5.74) is 0.748. The van der Waals surface area contributed by atoms with Gasteiger partial charge in [0, 0.05) is 25.8 Å². The number of carbonyl (C=O) groups excluding carboxylic acids is 1. The highest BCUT2D eigenvalue weighted by Gasteiger charge is 2.30. The lowest BCUT2D eigenvalue weighted by Gasteiger charge is -2.24. The molecule has 0 spiro atoms. The van der Waals surface area contributed by atoms with E-state index in [1.54, 1.807) is 11.8 Å². The molecule has 0 radical (unpaired) electrons. The van der Waals surface area contributed by atoms with Crippen LogP contribution in [0.5, 0.6) is 0 Å². The van der Waals surface area contributed by atoms with Crippen molar-refractivity contribution in [1.29, 1.82) is 0 Å². The zero-order valence-corrected chi connectivity index (χ0v) is 14.5. The summed E-state index contributed by atoms with van der Waals surface area (Å²) in [6.45, 7) is 9.24. The summed E-state index contributed by atoms with van der Waals surface area (Å²) in [7, 11) is 0. The fraction of sp³-hybridized carbons (Fsp3) is 0.588. The number of aryl methyl sites for hydroxylation is 1. The van der Waals surface area contributed by atoms with Crippen molar-refractivity contribution in [3.8, 4) is 0 Å². The molecule has 2 aromatic heterocycles. The number of likely N-dealkylation sites (tertiary alicyclic amines) is 1. The van der Waals surface area contributed by atoms with Crippen LogP contribution in [0, 0.1) is 18.7 Å². The second-order valence-electron chi connectivity index (χ2n) is 7.37. The highest BCUT2D eigenvalue weighted by Crippen LogP contribution is 2.25. The molecule has 1 saturated heterocycles. The minimum Gasteiger partial charge on any atom is -0.444 e. The molecule has 0 unspecified atom stereocenters. The molecule has 3 heterocycles. The van der Waals surface area contributed by atoms with Gasteiger partial charge >= 0.3 is 6.09 Å². The van der Waals surface area contributed by atoms with Crippen molar-refractivity contribution in [2.75, 3.05) is 13.1 Å². The van der Waals surface area contributed by atoms with Crippen molar-refractivity contribution in [1.82, 2.24) is 19.4 Å². The largest absolute Gasteiger partial charge is 0.444 e. The molecular formula is C17H23FN4O2. The number of hydrogen-bond acceptors (Lipinski definition) is 4. The Hall–Kier alpha value is -2.18. The first kappa shape index (κ1) is 16.7. The van der Waals surface area contributed by atoms with Gasteiger partial charge in [0.25, 0.3) is 0 Å². The van der Waals surface area contributed by atoms with Gasteiger partial charge < -0.3 is 14.2 Å². The molecule has 1 aliphatic rings. The van der Waals surface area contributed by atoms with Gasteiger partial charge in [-0.2, -0.15) is 0 Å². The van der Waals surface area contributed by atoms with Crippen molar-refractivity contribution in [2.24, 2.45) is 5.92 Å². The van der Waals surface area contributed by atoms with Gasteiger partial charge in [-0.15, -0.1) is 0 Å². The first-order valence-corrected chi connectivity index (χ1v) is 8.18. The fourth-order valence-corrected chi connectivity index (χ4v) is 3.11. The Balaban J connectivity index is 1.70. The first-order chi connectivity index (χ1) is 11.2. The molecule has 3 rings (SSSR count). The van der Waals surface area contributed by atoms with Gasteiger partial charge in [-0.05, 0) is 40.0 Å². The van der Waals surface area contributed by atoms with E-state index in [2.05, 4.69) is 9.97 Å². The van der Waals surface area contributed by atoms with E-state index < -0.39 is 5.60 Å². The number of rotatable bonds is 2. The van der Waals surface area contributed by atoms with Crippen LogP contribution in [0.3, 0.4) is 0 Å². The molecule has 6 nitrogen and oxygen atoms in total. The number of fused-ring (bicyclic) bond motifs is 1. The molecule has 130 valence electrons. The quantitative estimate of drug-likeness (QED) is 0.846. The number of amides is 1. The second-order valence-corrected chi connectivity index (χ2v) is 7.37. The third-order valence-electron chi connectivity index (χ3n) is 4.19. The van der Waals surface area contributed by atoms with Crippen LogP contribution < -0.4 is 0 Å². The van der Waals surface area contributed by atoms with Gasteiger partial charge in [0.15, 0.2) is 5.82 Å². The van der Waals surface area contributed by atoms with Crippen LogP contribution in [-0.4, -0.2) is 44.2 Å². The molecule has 2 aromatic rings. The van der Waals surface area contributed by atoms with Crippen LogP contribution in [-0.2, 0) is 11.3 Å². The van der Waals surface area contributed by atoms with Crippen molar-refractivity contribution in [2.45, 2.75) is 46.3 Å². The standard InChI is InChI=1S/C17H23FN4O2/c1-11-14-13(18)9-22(15(14)20-10-19-11)8-12-5-6-21(7-12)16(23)24-17(2,3)4/h9-10,12H,5-8H2,1-4H3/t12-/m0/s1. The van der Waals surface area contributed by atoms with Crippen molar-refractivity contribution in [3.63, 3.8) is 0 Å². The summed E-state index contributed by atoms with van der Waals surface area (Å²) in [5.74, 6) is -0.0483. The van der Waals surface area contributed by atoms with Crippen LogP contribution in [0.2, 0.25) is 0 Å². The van der Waals surface area contributed by atoms with Crippen LogP contribution in [0.4, 0.5) is 9.18 Å². The molecule has 1 fully saturated rings. The van der Waals surface area contributed by atoms with Crippen LogP contribution in [0.25, 0.3) is 11.0 Å². The fourth-order valence-electron chi connectivity index (χ4n) is 3.11. The summed E-state index contributed by atoms with van der Waals surface area (Å²) in [4.78, 5) is 22.1. The van der Waals surface area contributed by atoms with Gasteiger partial charge in [-0.1, -0.05) is 0 Å². The van der Waals surface area contributed by atoms with E-state index in [1.165, 1.54) is 12.5 Å². The van der Waals surface area contributed by atoms with Gasteiger partial charge in [0.05, 0.1) is 11.1 Å². The minimum absolute atomic E-state index is 0.253. The van der Waals surface area contributed by atoms with E-state index in [0.29, 0.717) is 36.4 Å². The van der Waals surface area contributed by atoms with E-state index in [4.69, 9.17) is 4.74 Å². The molecule has 24 heavy (non-hydrogen) atoms. The summed E-state index contributed by atoms with van der Waals surface area (Å²) < 4.78 is 21.4. The Morgan fingerprint density at radius 2 is 2.17 bits per heavy atom. The maximum atomic E-state index is 14.1. The minimum atomic E-state index is -0.497. The number of ether oxygens (including phenoxy) is 1. The molecule has 1 amide bonds. The molecule has 7 heteroatoms. The third-order valence-corrected chi connectivity index (χ3v) is 4.19. The Kier molecular flexibility index (Phi) is 4.19. The third kappa shape index (κ3) is 3.34. The topological polar surface area (TPSA) is 60.2 Å². The molecule has 0 N–H and O–H groups in total. The van der Waals surface area contributed by atoms with Gasteiger partial charge in [-0.3, -0.25) is 0 Å². The van der Waals surface area contributed by atoms with E-state index in [0.717, 1.165) is 6.42 Å². The SMILES string of the molecule is Cc1ncnc2c1c(F)cn2C[C@H]1CCN(C(=O)OC(C)(C)C)C1. The van der Waals surface area contributed by atoms with Crippen LogP contribution in [0.15, 0.2) is 12.5 Å². The second kappa shape index (κ2) is 6.03. The number of aromatic nitrogens is 3. The number of halogens is 1. The number of nitrogens with zero attached hydrogens (tertiary/aromatic N) is 4. The van der Waals surface area contributed by atoms with E-state index in [9.17, 15) is 9.18 Å². The maximum Gasteiger partial charge on any atom is 0.410 e. The normalized spacial score (nSPS) is 18.4. The molecule has 0 aromatic carbocycles. The van der Waals surface area contributed by atoms with Gasteiger partial charge in [0.1, 0.15) is 17.6 Å². The van der Waals surface area contributed by atoms with Crippen LogP contribution >= 0.6 is 0 Å². The van der Waals surface area contributed by atoms with Crippen LogP contribution in [0.1, 0.15) is 32.9 Å². The highest BCUT2D eigenvalue weighted by molar-refractivity contribution is 5.79. The smallest absolute Gasteiger partial charge is 0.410 e. The predicted molar refractivity (Wildman–Crippen MR) is 88.1 cm³/mol. The molecule has 1 aliphatic heterocycles. The lowest BCUT2D eigenvalue weighted by molar-refractivity contribution is 0.0287. The Labute approximate surface area is 140 Å².